The first-order valence-corrected chi connectivity index (χ1v) is 13.3. The molecule has 1 amide bonds. The molecule has 0 N–H and O–H groups in total. The molecular weight excluding hydrogens is 482 g/mol. The normalized spacial score (nSPS) is 15.8. The lowest BCUT2D eigenvalue weighted by Gasteiger charge is -2.43. The molecule has 2 aromatic carbocycles. The average Bonchev–Trinajstić information content (AvgIpc) is 2.91. The number of amides is 1. The molecule has 1 saturated heterocycles. The van der Waals surface area contributed by atoms with Crippen molar-refractivity contribution in [2.45, 2.75) is 43.6 Å². The summed E-state index contributed by atoms with van der Waals surface area (Å²) in [5, 5.41) is 0. The highest BCUT2D eigenvalue weighted by molar-refractivity contribution is 7.92. The van der Waals surface area contributed by atoms with Gasteiger partial charge in [0.2, 0.25) is 9.84 Å². The summed E-state index contributed by atoms with van der Waals surface area (Å²) in [5.41, 5.74) is -2.34. The van der Waals surface area contributed by atoms with E-state index in [0.717, 1.165) is 5.56 Å². The van der Waals surface area contributed by atoms with E-state index in [1.807, 2.05) is 30.3 Å². The van der Waals surface area contributed by atoms with Gasteiger partial charge in [-0.25, -0.2) is 13.2 Å². The first-order valence-electron chi connectivity index (χ1n) is 11.8. The number of rotatable bonds is 9. The van der Waals surface area contributed by atoms with Gasteiger partial charge in [0.05, 0.1) is 11.5 Å². The number of carbonyl (C=O) groups excluding carboxylic acids is 2. The monoisotopic (exact) mass is 513 g/mol. The average molecular weight is 514 g/mol. The second kappa shape index (κ2) is 12.6. The molecule has 9 heteroatoms. The van der Waals surface area contributed by atoms with Crippen LogP contribution < -0.4 is 0 Å². The second-order valence-electron chi connectivity index (χ2n) is 8.33. The van der Waals surface area contributed by atoms with Gasteiger partial charge in [-0.15, -0.1) is 5.92 Å². The minimum absolute atomic E-state index is 0.0180. The molecule has 0 aromatic heterocycles. The van der Waals surface area contributed by atoms with Gasteiger partial charge in [0.1, 0.15) is 18.6 Å². The summed E-state index contributed by atoms with van der Waals surface area (Å²) >= 11 is 0. The molecule has 1 fully saturated rings. The van der Waals surface area contributed by atoms with Crippen molar-refractivity contribution in [3.05, 3.63) is 66.2 Å². The summed E-state index contributed by atoms with van der Waals surface area (Å²) in [6.45, 7) is 3.57. The molecular formula is C27H31NO7S. The van der Waals surface area contributed by atoms with E-state index in [0.29, 0.717) is 0 Å². The Morgan fingerprint density at radius 1 is 1.00 bits per heavy atom. The van der Waals surface area contributed by atoms with Crippen LogP contribution in [0.1, 0.15) is 32.3 Å². The molecule has 0 saturated carbocycles. The van der Waals surface area contributed by atoms with Gasteiger partial charge in [-0.3, -0.25) is 4.79 Å². The maximum atomic E-state index is 13.8. The molecule has 0 radical (unpaired) electrons. The maximum Gasteiger partial charge on any atom is 0.409 e. The van der Waals surface area contributed by atoms with Crippen LogP contribution in [0.15, 0.2) is 65.6 Å². The van der Waals surface area contributed by atoms with Crippen molar-refractivity contribution in [2.75, 3.05) is 26.3 Å². The fourth-order valence-corrected chi connectivity index (χ4v) is 6.13. The van der Waals surface area contributed by atoms with Crippen molar-refractivity contribution in [2.24, 2.45) is 5.41 Å². The quantitative estimate of drug-likeness (QED) is 0.371. The van der Waals surface area contributed by atoms with Gasteiger partial charge in [0.25, 0.3) is 0 Å². The molecule has 1 atom stereocenters. The third-order valence-corrected chi connectivity index (χ3v) is 8.17. The first kappa shape index (κ1) is 27.2. The van der Waals surface area contributed by atoms with Crippen LogP contribution >= 0.6 is 0 Å². The minimum Gasteiger partial charge on any atom is -0.460 e. The largest absolute Gasteiger partial charge is 0.460 e. The number of benzene rings is 2. The SMILES string of the molecule is CC#CCOC(C1(C(=O)OCc2ccccc2)CCN(C(=O)OCC)CC1)S(=O)(=O)c1ccccc1. The Bertz CT molecular complexity index is 1180. The smallest absolute Gasteiger partial charge is 0.409 e. The second-order valence-corrected chi connectivity index (χ2v) is 10.3. The molecule has 0 spiro atoms. The highest BCUT2D eigenvalue weighted by Crippen LogP contribution is 2.42. The molecule has 1 unspecified atom stereocenters. The lowest BCUT2D eigenvalue weighted by molar-refractivity contribution is -0.167. The number of hydrogen-bond acceptors (Lipinski definition) is 7. The molecule has 36 heavy (non-hydrogen) atoms. The summed E-state index contributed by atoms with van der Waals surface area (Å²) in [5.74, 6) is 4.72. The van der Waals surface area contributed by atoms with E-state index in [4.69, 9.17) is 14.2 Å². The summed E-state index contributed by atoms with van der Waals surface area (Å²) < 4.78 is 44.3. The zero-order chi connectivity index (χ0) is 26.0. The van der Waals surface area contributed by atoms with Gasteiger partial charge in [-0.05, 0) is 44.4 Å². The Morgan fingerprint density at radius 3 is 2.19 bits per heavy atom. The van der Waals surface area contributed by atoms with Crippen molar-refractivity contribution in [1.29, 1.82) is 0 Å². The van der Waals surface area contributed by atoms with Crippen molar-refractivity contribution in [1.82, 2.24) is 4.90 Å². The van der Waals surface area contributed by atoms with Crippen molar-refractivity contribution >= 4 is 21.9 Å². The van der Waals surface area contributed by atoms with Gasteiger partial charge in [0.15, 0.2) is 5.44 Å². The number of piperidine rings is 1. The summed E-state index contributed by atoms with van der Waals surface area (Å²) in [6.07, 6.45) is -0.463. The first-order chi connectivity index (χ1) is 17.3. The Labute approximate surface area is 212 Å². The molecule has 1 heterocycles. The predicted octanol–water partition coefficient (Wildman–Crippen LogP) is 3.81. The molecule has 2 aromatic rings. The van der Waals surface area contributed by atoms with Crippen LogP contribution in [-0.4, -0.2) is 57.1 Å². The van der Waals surface area contributed by atoms with Crippen LogP contribution in [0, 0.1) is 17.3 Å². The standard InChI is InChI=1S/C27H31NO7S/c1-3-5-20-34-25(36(31,32)23-14-10-7-11-15-23)27(16-18-28(19-17-27)26(30)33-4-2)24(29)35-21-22-12-8-6-9-13-22/h6-15,25H,4,16-21H2,1-2H3. The van der Waals surface area contributed by atoms with Crippen LogP contribution in [0.2, 0.25) is 0 Å². The topological polar surface area (TPSA) is 99.2 Å². The van der Waals surface area contributed by atoms with Gasteiger partial charge in [-0.2, -0.15) is 0 Å². The third kappa shape index (κ3) is 6.25. The molecule has 1 aliphatic heterocycles. The highest BCUT2D eigenvalue weighted by atomic mass is 32.2. The van der Waals surface area contributed by atoms with Crippen molar-refractivity contribution < 1.29 is 32.2 Å². The van der Waals surface area contributed by atoms with Crippen LogP contribution in [0.4, 0.5) is 4.79 Å². The lowest BCUT2D eigenvalue weighted by Crippen LogP contribution is -2.55. The van der Waals surface area contributed by atoms with Crippen LogP contribution in [0.5, 0.6) is 0 Å². The zero-order valence-corrected chi connectivity index (χ0v) is 21.3. The summed E-state index contributed by atoms with van der Waals surface area (Å²) in [7, 11) is -4.14. The molecule has 8 nitrogen and oxygen atoms in total. The highest BCUT2D eigenvalue weighted by Gasteiger charge is 2.56. The Kier molecular flexibility index (Phi) is 9.51. The van der Waals surface area contributed by atoms with Gasteiger partial charge in [-0.1, -0.05) is 54.5 Å². The van der Waals surface area contributed by atoms with E-state index in [9.17, 15) is 18.0 Å². The van der Waals surface area contributed by atoms with Gasteiger partial charge < -0.3 is 19.1 Å². The van der Waals surface area contributed by atoms with Crippen molar-refractivity contribution in [3.63, 3.8) is 0 Å². The van der Waals surface area contributed by atoms with Crippen LogP contribution in [-0.2, 0) is 35.4 Å². The van der Waals surface area contributed by atoms with E-state index in [1.165, 1.54) is 17.0 Å². The van der Waals surface area contributed by atoms with E-state index in [2.05, 4.69) is 11.8 Å². The van der Waals surface area contributed by atoms with E-state index in [1.54, 1.807) is 32.0 Å². The fraction of sp³-hybridized carbons (Fsp3) is 0.407. The summed E-state index contributed by atoms with van der Waals surface area (Å²) in [4.78, 5) is 27.5. The Balaban J connectivity index is 1.99. The molecule has 0 bridgehead atoms. The fourth-order valence-electron chi connectivity index (χ4n) is 4.18. The van der Waals surface area contributed by atoms with Gasteiger partial charge in [0, 0.05) is 13.1 Å². The van der Waals surface area contributed by atoms with E-state index in [-0.39, 0.29) is 50.6 Å². The number of ether oxygens (including phenoxy) is 3. The van der Waals surface area contributed by atoms with Crippen LogP contribution in [0.3, 0.4) is 0 Å². The molecule has 1 aliphatic rings. The summed E-state index contributed by atoms with van der Waals surface area (Å²) in [6, 6.07) is 17.0. The molecule has 192 valence electrons. The minimum atomic E-state index is -4.14. The predicted molar refractivity (Wildman–Crippen MR) is 133 cm³/mol. The third-order valence-electron chi connectivity index (χ3n) is 6.09. The zero-order valence-electron chi connectivity index (χ0n) is 20.5. The maximum absolute atomic E-state index is 13.8. The van der Waals surface area contributed by atoms with Gasteiger partial charge >= 0.3 is 12.1 Å². The van der Waals surface area contributed by atoms with Crippen molar-refractivity contribution in [3.8, 4) is 11.8 Å². The number of hydrogen-bond donors (Lipinski definition) is 0. The lowest BCUT2D eigenvalue weighted by atomic mass is 9.78. The molecule has 0 aliphatic carbocycles. The van der Waals surface area contributed by atoms with E-state index < -0.39 is 32.8 Å². The van der Waals surface area contributed by atoms with E-state index >= 15 is 0 Å². The number of likely N-dealkylation sites (tertiary alicyclic amines) is 1. The Hall–Kier alpha value is -3.35. The number of carbonyl (C=O) groups is 2. The molecule has 3 rings (SSSR count). The van der Waals surface area contributed by atoms with Crippen LogP contribution in [0.25, 0.3) is 0 Å². The number of nitrogens with zero attached hydrogens (tertiary/aromatic N) is 1. The number of esters is 1. The Morgan fingerprint density at radius 2 is 1.61 bits per heavy atom. The number of sulfone groups is 1.